The molecule has 0 radical (unpaired) electrons. The molecule has 0 N–H and O–H groups in total. The molecule has 0 nitrogen and oxygen atoms in total. The zero-order valence-electron chi connectivity index (χ0n) is 13.0. The van der Waals surface area contributed by atoms with Crippen LogP contribution in [-0.4, -0.2) is 0 Å². The second kappa shape index (κ2) is 4.61. The molecule has 0 saturated carbocycles. The predicted molar refractivity (Wildman–Crippen MR) is 96.9 cm³/mol. The average molecular weight is 292 g/mol. The van der Waals surface area contributed by atoms with Gasteiger partial charge in [-0.2, -0.15) is 0 Å². The zero-order chi connectivity index (χ0) is 15.4. The first-order chi connectivity index (χ1) is 11.4. The molecule has 0 heterocycles. The number of benzene rings is 2. The van der Waals surface area contributed by atoms with Crippen LogP contribution in [0.15, 0.2) is 77.9 Å². The van der Waals surface area contributed by atoms with Gasteiger partial charge in [0.15, 0.2) is 0 Å². The summed E-state index contributed by atoms with van der Waals surface area (Å²) in [6.45, 7) is 1.91. The van der Waals surface area contributed by atoms with Gasteiger partial charge in [-0.1, -0.05) is 66.6 Å². The highest BCUT2D eigenvalue weighted by Crippen LogP contribution is 2.53. The second-order valence-corrected chi connectivity index (χ2v) is 6.34. The van der Waals surface area contributed by atoms with Crippen LogP contribution in [0.1, 0.15) is 24.0 Å². The lowest BCUT2D eigenvalue weighted by molar-refractivity contribution is 0.680. The molecule has 108 valence electrons. The Balaban J connectivity index is 1.88. The second-order valence-electron chi connectivity index (χ2n) is 6.34. The van der Waals surface area contributed by atoms with E-state index >= 15 is 0 Å². The van der Waals surface area contributed by atoms with Crippen LogP contribution in [0.2, 0.25) is 0 Å². The van der Waals surface area contributed by atoms with Crippen LogP contribution >= 0.6 is 0 Å². The molecule has 0 fully saturated rings. The van der Waals surface area contributed by atoms with Crippen LogP contribution in [0.3, 0.4) is 0 Å². The quantitative estimate of drug-likeness (QED) is 0.571. The third kappa shape index (κ3) is 1.63. The monoisotopic (exact) mass is 292 g/mol. The van der Waals surface area contributed by atoms with Crippen molar-refractivity contribution in [3.63, 3.8) is 0 Å². The summed E-state index contributed by atoms with van der Waals surface area (Å²) in [6.07, 6.45) is 11.3. The van der Waals surface area contributed by atoms with Crippen LogP contribution in [0.4, 0.5) is 0 Å². The van der Waals surface area contributed by atoms with Crippen molar-refractivity contribution in [2.45, 2.75) is 12.8 Å². The molecule has 0 aliphatic heterocycles. The van der Waals surface area contributed by atoms with Crippen molar-refractivity contribution in [3.05, 3.63) is 89.1 Å². The Labute approximate surface area is 136 Å². The SMILES string of the molecule is CC#CC1=C2C=CC=C3c4cccc5cccc(c45)C(C=C1)C32. The van der Waals surface area contributed by atoms with Gasteiger partial charge in [-0.25, -0.2) is 0 Å². The number of fused-ring (bicyclic) bond motifs is 2. The minimum Gasteiger partial charge on any atom is -0.101 e. The van der Waals surface area contributed by atoms with Gasteiger partial charge in [-0.3, -0.25) is 0 Å². The van der Waals surface area contributed by atoms with E-state index in [-0.39, 0.29) is 0 Å². The van der Waals surface area contributed by atoms with Crippen molar-refractivity contribution < 1.29 is 0 Å². The summed E-state index contributed by atoms with van der Waals surface area (Å²) >= 11 is 0. The Morgan fingerprint density at radius 3 is 2.74 bits per heavy atom. The number of hydrogen-bond donors (Lipinski definition) is 0. The van der Waals surface area contributed by atoms with Crippen molar-refractivity contribution in [3.8, 4) is 11.8 Å². The van der Waals surface area contributed by atoms with Crippen LogP contribution in [0, 0.1) is 17.8 Å². The topological polar surface area (TPSA) is 0 Å². The van der Waals surface area contributed by atoms with E-state index in [9.17, 15) is 0 Å². The first-order valence-corrected chi connectivity index (χ1v) is 8.14. The third-order valence-electron chi connectivity index (χ3n) is 5.23. The highest BCUT2D eigenvalue weighted by atomic mass is 14.4. The third-order valence-corrected chi connectivity index (χ3v) is 5.23. The lowest BCUT2D eigenvalue weighted by atomic mass is 9.64. The smallest absolute Gasteiger partial charge is 0.0280 e. The summed E-state index contributed by atoms with van der Waals surface area (Å²) < 4.78 is 0. The minimum atomic E-state index is 0.404. The van der Waals surface area contributed by atoms with E-state index in [1.165, 1.54) is 38.6 Å². The molecule has 0 saturated heterocycles. The molecule has 3 aliphatic carbocycles. The van der Waals surface area contributed by atoms with Gasteiger partial charge in [-0.15, -0.1) is 5.92 Å². The Hall–Kier alpha value is -2.78. The normalized spacial score (nSPS) is 23.3. The first kappa shape index (κ1) is 12.7. The Morgan fingerprint density at radius 2 is 1.87 bits per heavy atom. The molecule has 0 heteroatoms. The molecule has 3 aliphatic rings. The fourth-order valence-corrected chi connectivity index (χ4v) is 4.36. The summed E-state index contributed by atoms with van der Waals surface area (Å²) in [5, 5.41) is 2.76. The van der Waals surface area contributed by atoms with E-state index in [4.69, 9.17) is 0 Å². The molecule has 0 spiro atoms. The van der Waals surface area contributed by atoms with Gasteiger partial charge in [-0.05, 0) is 46.0 Å². The van der Waals surface area contributed by atoms with Crippen molar-refractivity contribution in [1.82, 2.24) is 0 Å². The molecule has 0 bridgehead atoms. The molecule has 2 atom stereocenters. The predicted octanol–water partition coefficient (Wildman–Crippen LogP) is 5.40. The minimum absolute atomic E-state index is 0.404. The first-order valence-electron chi connectivity index (χ1n) is 8.14. The highest BCUT2D eigenvalue weighted by Gasteiger charge is 2.37. The summed E-state index contributed by atoms with van der Waals surface area (Å²) in [7, 11) is 0. The number of rotatable bonds is 0. The molecular weight excluding hydrogens is 276 g/mol. The van der Waals surface area contributed by atoms with E-state index in [1.54, 1.807) is 0 Å². The number of allylic oxidation sites excluding steroid dienone is 8. The molecule has 2 aromatic carbocycles. The molecule has 5 rings (SSSR count). The van der Waals surface area contributed by atoms with Gasteiger partial charge in [0.2, 0.25) is 0 Å². The largest absolute Gasteiger partial charge is 0.101 e. The van der Waals surface area contributed by atoms with E-state index < -0.39 is 0 Å². The molecule has 2 aromatic rings. The standard InChI is InChI=1S/C23H16/c1-2-6-15-13-14-21-19-11-4-8-16-7-3-10-18(22(16)19)20-12-5-9-17(15)23(20)21/h3-5,7-14,21,23H,1H3. The summed E-state index contributed by atoms with van der Waals surface area (Å²) in [4.78, 5) is 0. The van der Waals surface area contributed by atoms with Crippen LogP contribution < -0.4 is 0 Å². The molecule has 23 heavy (non-hydrogen) atoms. The Bertz CT molecular complexity index is 1020. The van der Waals surface area contributed by atoms with Crippen LogP contribution in [-0.2, 0) is 0 Å². The Kier molecular flexibility index (Phi) is 2.55. The molecule has 0 aromatic heterocycles. The highest BCUT2D eigenvalue weighted by molar-refractivity contribution is 6.01. The van der Waals surface area contributed by atoms with E-state index in [0.717, 1.165) is 0 Å². The molecule has 0 amide bonds. The van der Waals surface area contributed by atoms with Gasteiger partial charge in [0.1, 0.15) is 0 Å². The van der Waals surface area contributed by atoms with Crippen LogP contribution in [0.25, 0.3) is 16.3 Å². The van der Waals surface area contributed by atoms with Crippen molar-refractivity contribution in [2.24, 2.45) is 5.92 Å². The molecule has 2 unspecified atom stereocenters. The maximum Gasteiger partial charge on any atom is 0.0280 e. The van der Waals surface area contributed by atoms with Crippen LogP contribution in [0.5, 0.6) is 0 Å². The Morgan fingerprint density at radius 1 is 1.00 bits per heavy atom. The maximum absolute atomic E-state index is 3.29. The summed E-state index contributed by atoms with van der Waals surface area (Å²) in [6, 6.07) is 13.4. The van der Waals surface area contributed by atoms with Gasteiger partial charge in [0, 0.05) is 17.4 Å². The van der Waals surface area contributed by atoms with Gasteiger partial charge < -0.3 is 0 Å². The van der Waals surface area contributed by atoms with Crippen molar-refractivity contribution >= 4 is 16.3 Å². The van der Waals surface area contributed by atoms with Gasteiger partial charge in [0.05, 0.1) is 0 Å². The lowest BCUT2D eigenvalue weighted by Gasteiger charge is -2.39. The fourth-order valence-electron chi connectivity index (χ4n) is 4.36. The number of hydrogen-bond acceptors (Lipinski definition) is 0. The van der Waals surface area contributed by atoms with E-state index in [1.807, 2.05) is 6.92 Å². The summed E-state index contributed by atoms with van der Waals surface area (Å²) in [5.74, 6) is 7.17. The van der Waals surface area contributed by atoms with E-state index in [0.29, 0.717) is 11.8 Å². The zero-order valence-corrected chi connectivity index (χ0v) is 13.0. The summed E-state index contributed by atoms with van der Waals surface area (Å²) in [5.41, 5.74) is 6.82. The lowest BCUT2D eigenvalue weighted by Crippen LogP contribution is -2.24. The van der Waals surface area contributed by atoms with Crippen molar-refractivity contribution in [1.29, 1.82) is 0 Å². The van der Waals surface area contributed by atoms with E-state index in [2.05, 4.69) is 78.6 Å². The van der Waals surface area contributed by atoms with Crippen molar-refractivity contribution in [2.75, 3.05) is 0 Å². The van der Waals surface area contributed by atoms with Gasteiger partial charge in [0.25, 0.3) is 0 Å². The van der Waals surface area contributed by atoms with Gasteiger partial charge >= 0.3 is 0 Å². The molecular formula is C23H16. The average Bonchev–Trinajstić information content (AvgIpc) is 2.60. The maximum atomic E-state index is 3.29. The fraction of sp³-hybridized carbons (Fsp3) is 0.130.